The Kier molecular flexibility index (Phi) is 5.62. The van der Waals surface area contributed by atoms with Gasteiger partial charge in [0.15, 0.2) is 0 Å². The first-order valence-corrected chi connectivity index (χ1v) is 10.8. The van der Waals surface area contributed by atoms with Crippen LogP contribution in [-0.2, 0) is 16.4 Å². The van der Waals surface area contributed by atoms with Crippen LogP contribution in [0.1, 0.15) is 34.6 Å². The van der Waals surface area contributed by atoms with E-state index in [0.717, 1.165) is 30.8 Å². The van der Waals surface area contributed by atoms with E-state index >= 15 is 0 Å². The predicted octanol–water partition coefficient (Wildman–Crippen LogP) is 1.62. The molecule has 2 aromatic heterocycles. The van der Waals surface area contributed by atoms with E-state index in [1.54, 1.807) is 23.9 Å². The summed E-state index contributed by atoms with van der Waals surface area (Å²) in [6, 6.07) is 6.15. The third kappa shape index (κ3) is 4.22. The van der Waals surface area contributed by atoms with E-state index in [2.05, 4.69) is 27.4 Å². The van der Waals surface area contributed by atoms with Crippen molar-refractivity contribution in [2.75, 3.05) is 29.9 Å². The number of piperazine rings is 1. The molecule has 0 saturated carbocycles. The normalized spacial score (nSPS) is 22.6. The number of hydrogen-bond donors (Lipinski definition) is 2. The van der Waals surface area contributed by atoms with Crippen LogP contribution in [0.4, 0.5) is 17.2 Å². The lowest BCUT2D eigenvalue weighted by Gasteiger charge is -2.35. The van der Waals surface area contributed by atoms with Crippen molar-refractivity contribution >= 4 is 29.8 Å². The zero-order valence-electron chi connectivity index (χ0n) is 19.2. The quantitative estimate of drug-likeness (QED) is 0.721. The van der Waals surface area contributed by atoms with Crippen molar-refractivity contribution in [3.05, 3.63) is 40.9 Å². The van der Waals surface area contributed by atoms with Crippen molar-refractivity contribution in [2.45, 2.75) is 51.9 Å². The summed E-state index contributed by atoms with van der Waals surface area (Å²) < 4.78 is 13.8. The van der Waals surface area contributed by atoms with Crippen molar-refractivity contribution < 1.29 is 9.31 Å². The largest absolute Gasteiger partial charge is 0.496 e. The summed E-state index contributed by atoms with van der Waals surface area (Å²) in [5.74, 6) is 0.620. The van der Waals surface area contributed by atoms with Crippen molar-refractivity contribution in [1.82, 2.24) is 14.9 Å². The van der Waals surface area contributed by atoms with Gasteiger partial charge in [0.1, 0.15) is 11.5 Å². The van der Waals surface area contributed by atoms with Crippen LogP contribution in [0, 0.1) is 0 Å². The van der Waals surface area contributed by atoms with Gasteiger partial charge < -0.3 is 29.4 Å². The van der Waals surface area contributed by atoms with Gasteiger partial charge in [-0.25, -0.2) is 4.98 Å². The average Bonchev–Trinajstić information content (AvgIpc) is 2.93. The van der Waals surface area contributed by atoms with Crippen molar-refractivity contribution in [1.29, 1.82) is 0 Å². The molecule has 2 aromatic rings. The second-order valence-electron chi connectivity index (χ2n) is 9.46. The first-order valence-electron chi connectivity index (χ1n) is 10.8. The Morgan fingerprint density at radius 3 is 2.55 bits per heavy atom. The van der Waals surface area contributed by atoms with Crippen LogP contribution in [0.2, 0.25) is 0 Å². The number of aromatic nitrogens is 2. The number of nitrogens with one attached hydrogen (secondary N) is 2. The summed E-state index contributed by atoms with van der Waals surface area (Å²) in [7, 11) is 1.19. The molecule has 2 saturated heterocycles. The van der Waals surface area contributed by atoms with E-state index in [9.17, 15) is 4.79 Å². The van der Waals surface area contributed by atoms with E-state index in [-0.39, 0.29) is 5.56 Å². The molecule has 0 radical (unpaired) electrons. The molecular weight excluding hydrogens is 393 g/mol. The molecule has 31 heavy (non-hydrogen) atoms. The maximum absolute atomic E-state index is 12.7. The molecule has 9 heteroatoms. The number of anilines is 3. The second kappa shape index (κ2) is 7.96. The summed E-state index contributed by atoms with van der Waals surface area (Å²) >= 11 is 0. The Labute approximate surface area is 184 Å². The fraction of sp³-hybridized carbons (Fsp3) is 0.545. The Morgan fingerprint density at radius 2 is 1.94 bits per heavy atom. The Hall–Kier alpha value is -2.36. The van der Waals surface area contributed by atoms with E-state index in [4.69, 9.17) is 9.31 Å². The highest BCUT2D eigenvalue weighted by Gasteiger charge is 2.52. The first kappa shape index (κ1) is 21.9. The highest BCUT2D eigenvalue weighted by molar-refractivity contribution is 6.62. The van der Waals surface area contributed by atoms with Crippen molar-refractivity contribution in [2.24, 2.45) is 7.05 Å². The van der Waals surface area contributed by atoms with Gasteiger partial charge in [0.25, 0.3) is 5.56 Å². The van der Waals surface area contributed by atoms with Crippen LogP contribution in [0.5, 0.6) is 0 Å². The lowest BCUT2D eigenvalue weighted by atomic mass is 9.80. The third-order valence-electron chi connectivity index (χ3n) is 6.57. The fourth-order valence-corrected chi connectivity index (χ4v) is 3.93. The average molecular weight is 425 g/mol. The molecular formula is C22H32BN5O3. The van der Waals surface area contributed by atoms with E-state index in [1.165, 1.54) is 0 Å². The molecule has 4 heterocycles. The molecule has 0 unspecified atom stereocenters. The lowest BCUT2D eigenvalue weighted by molar-refractivity contribution is 0.00578. The molecule has 0 bridgehead atoms. The smallest absolute Gasteiger partial charge is 0.399 e. The third-order valence-corrected chi connectivity index (χ3v) is 6.57. The molecule has 166 valence electrons. The van der Waals surface area contributed by atoms with Gasteiger partial charge >= 0.3 is 7.12 Å². The van der Waals surface area contributed by atoms with Gasteiger partial charge in [0, 0.05) is 44.4 Å². The maximum Gasteiger partial charge on any atom is 0.496 e. The molecule has 8 nitrogen and oxygen atoms in total. The van der Waals surface area contributed by atoms with Gasteiger partial charge in [-0.2, -0.15) is 0 Å². The lowest BCUT2D eigenvalue weighted by Crippen LogP contribution is -2.49. The first-order chi connectivity index (χ1) is 14.6. The maximum atomic E-state index is 12.7. The number of hydrogen-bond acceptors (Lipinski definition) is 7. The molecule has 0 aromatic carbocycles. The summed E-state index contributed by atoms with van der Waals surface area (Å²) in [6.07, 6.45) is 3.62. The van der Waals surface area contributed by atoms with Crippen LogP contribution >= 0.6 is 0 Å². The highest BCUT2D eigenvalue weighted by Crippen LogP contribution is 2.36. The zero-order valence-corrected chi connectivity index (χ0v) is 19.2. The zero-order chi connectivity index (χ0) is 22.4. The van der Waals surface area contributed by atoms with Crippen LogP contribution in [0.25, 0.3) is 0 Å². The molecule has 2 aliphatic rings. The van der Waals surface area contributed by atoms with Crippen molar-refractivity contribution in [3.8, 4) is 0 Å². The monoisotopic (exact) mass is 425 g/mol. The summed E-state index contributed by atoms with van der Waals surface area (Å²) in [5.41, 5.74) is 1.28. The molecule has 2 aliphatic heterocycles. The minimum atomic E-state index is -0.540. The Bertz CT molecular complexity index is 989. The van der Waals surface area contributed by atoms with Gasteiger partial charge in [0.05, 0.1) is 23.1 Å². The van der Waals surface area contributed by atoms with Crippen LogP contribution in [0.3, 0.4) is 0 Å². The van der Waals surface area contributed by atoms with Crippen LogP contribution in [-0.4, -0.2) is 53.5 Å². The van der Waals surface area contributed by atoms with Crippen LogP contribution < -0.4 is 26.6 Å². The topological polar surface area (TPSA) is 80.7 Å². The summed E-state index contributed by atoms with van der Waals surface area (Å²) in [4.78, 5) is 19.6. The highest BCUT2D eigenvalue weighted by atomic mass is 16.7. The molecule has 2 fully saturated rings. The Balaban J connectivity index is 1.56. The molecule has 0 aliphatic carbocycles. The van der Waals surface area contributed by atoms with E-state index < -0.39 is 18.3 Å². The summed E-state index contributed by atoms with van der Waals surface area (Å²) in [5, 5.41) is 6.57. The van der Waals surface area contributed by atoms with E-state index in [1.807, 2.05) is 46.0 Å². The SMILES string of the molecule is C[C@@H]1CNCCN1c1ccc(Nc2cc(B3OC(C)(C)C(C)(C)O3)cn(C)c2=O)nc1. The standard InChI is InChI=1S/C22H32BN5O3/c1-15-12-24-9-10-28(15)17-7-8-19(25-13-17)26-18-11-16(14-27(6)20(18)29)23-30-21(2,3)22(4,5)31-23/h7-8,11,13-15,24H,9-10,12H2,1-6H3,(H,25,26)/t15-/m1/s1. The molecule has 1 atom stereocenters. The minimum Gasteiger partial charge on any atom is -0.399 e. The van der Waals surface area contributed by atoms with Gasteiger partial charge in [-0.3, -0.25) is 4.79 Å². The summed E-state index contributed by atoms with van der Waals surface area (Å²) in [6.45, 7) is 13.1. The van der Waals surface area contributed by atoms with Gasteiger partial charge in [0.2, 0.25) is 0 Å². The Morgan fingerprint density at radius 1 is 1.23 bits per heavy atom. The van der Waals surface area contributed by atoms with Gasteiger partial charge in [-0.05, 0) is 52.8 Å². The van der Waals surface area contributed by atoms with Crippen molar-refractivity contribution in [3.63, 3.8) is 0 Å². The minimum absolute atomic E-state index is 0.137. The second-order valence-corrected chi connectivity index (χ2v) is 9.46. The number of nitrogens with zero attached hydrogens (tertiary/aromatic N) is 3. The fourth-order valence-electron chi connectivity index (χ4n) is 3.93. The molecule has 2 N–H and O–H groups in total. The molecule has 4 rings (SSSR count). The van der Waals surface area contributed by atoms with Gasteiger partial charge in [-0.15, -0.1) is 0 Å². The van der Waals surface area contributed by atoms with Gasteiger partial charge in [-0.1, -0.05) is 0 Å². The van der Waals surface area contributed by atoms with E-state index in [0.29, 0.717) is 17.5 Å². The predicted molar refractivity (Wildman–Crippen MR) is 125 cm³/mol. The number of aryl methyl sites for hydroxylation is 1. The number of pyridine rings is 2. The number of rotatable bonds is 4. The van der Waals surface area contributed by atoms with Crippen LogP contribution in [0.15, 0.2) is 35.4 Å². The molecule has 0 spiro atoms. The molecule has 0 amide bonds.